The maximum Gasteiger partial charge on any atom is 0.389 e. The van der Waals surface area contributed by atoms with Crippen LogP contribution in [-0.4, -0.2) is 55.3 Å². The summed E-state index contributed by atoms with van der Waals surface area (Å²) >= 11 is 0. The second-order valence-corrected chi connectivity index (χ2v) is 8.05. The van der Waals surface area contributed by atoms with E-state index in [0.29, 0.717) is 13.1 Å². The molecule has 1 fully saturated rings. The fraction of sp³-hybridized carbons (Fsp3) is 0.364. The highest BCUT2D eigenvalue weighted by Crippen LogP contribution is 2.36. The largest absolute Gasteiger partial charge is 0.508 e. The van der Waals surface area contributed by atoms with E-state index in [9.17, 15) is 18.3 Å². The molecule has 5 rings (SSSR count). The van der Waals surface area contributed by atoms with Crippen molar-refractivity contribution in [3.8, 4) is 17.1 Å². The Morgan fingerprint density at radius 3 is 2.90 bits per heavy atom. The normalized spacial score (nSPS) is 17.8. The number of hydrogen-bond donors (Lipinski definition) is 2. The lowest BCUT2D eigenvalue weighted by Crippen LogP contribution is -2.24. The summed E-state index contributed by atoms with van der Waals surface area (Å²) in [5.41, 5.74) is 3.25. The number of nitrogens with zero attached hydrogens (tertiary/aromatic N) is 4. The first kappa shape index (κ1) is 19.9. The van der Waals surface area contributed by atoms with Crippen LogP contribution in [0.2, 0.25) is 0 Å². The van der Waals surface area contributed by atoms with Gasteiger partial charge >= 0.3 is 6.18 Å². The predicted molar refractivity (Wildman–Crippen MR) is 112 cm³/mol. The Morgan fingerprint density at radius 1 is 1.23 bits per heavy atom. The minimum atomic E-state index is -4.12. The number of benzene rings is 1. The number of aromatic hydroxyl groups is 1. The highest BCUT2D eigenvalue weighted by molar-refractivity contribution is 6.02. The number of pyridine rings is 1. The van der Waals surface area contributed by atoms with E-state index in [1.165, 1.54) is 0 Å². The third-order valence-corrected chi connectivity index (χ3v) is 5.89. The lowest BCUT2D eigenvalue weighted by atomic mass is 10.1. The van der Waals surface area contributed by atoms with Crippen LogP contribution in [-0.2, 0) is 0 Å². The maximum atomic E-state index is 12.5. The Morgan fingerprint density at radius 2 is 2.10 bits per heavy atom. The highest BCUT2D eigenvalue weighted by Gasteiger charge is 2.31. The van der Waals surface area contributed by atoms with E-state index in [4.69, 9.17) is 4.98 Å². The number of imidazole rings is 1. The van der Waals surface area contributed by atoms with E-state index in [-0.39, 0.29) is 18.2 Å². The zero-order chi connectivity index (χ0) is 21.6. The van der Waals surface area contributed by atoms with Crippen molar-refractivity contribution in [3.05, 3.63) is 42.7 Å². The van der Waals surface area contributed by atoms with Gasteiger partial charge < -0.3 is 19.6 Å². The third-order valence-electron chi connectivity index (χ3n) is 5.89. The smallest absolute Gasteiger partial charge is 0.389 e. The van der Waals surface area contributed by atoms with Crippen molar-refractivity contribution in [1.82, 2.24) is 24.4 Å². The van der Waals surface area contributed by atoms with Crippen molar-refractivity contribution in [3.63, 3.8) is 0 Å². The van der Waals surface area contributed by atoms with Gasteiger partial charge in [0.15, 0.2) is 0 Å². The average molecular weight is 429 g/mol. The molecule has 1 saturated heterocycles. The number of aromatic nitrogens is 4. The number of fused-ring (bicyclic) bond motifs is 3. The molecule has 1 aliphatic heterocycles. The number of phenols is 1. The molecule has 4 aromatic rings. The second kappa shape index (κ2) is 7.56. The Bertz CT molecular complexity index is 1230. The van der Waals surface area contributed by atoms with Crippen LogP contribution in [0.25, 0.3) is 33.5 Å². The number of halogens is 3. The Hall–Kier alpha value is -3.07. The van der Waals surface area contributed by atoms with Crippen molar-refractivity contribution < 1.29 is 18.3 Å². The Balaban J connectivity index is 1.54. The lowest BCUT2D eigenvalue weighted by molar-refractivity contribution is -0.136. The molecule has 4 heterocycles. The minimum absolute atomic E-state index is 0.0636. The number of phenolic OH excluding ortho intramolecular Hbond substituents is 1. The molecule has 0 saturated carbocycles. The number of H-pyrrole nitrogens is 1. The molecule has 0 amide bonds. The van der Waals surface area contributed by atoms with Gasteiger partial charge in [0.25, 0.3) is 0 Å². The molecule has 1 atom stereocenters. The van der Waals surface area contributed by atoms with Crippen molar-refractivity contribution in [2.45, 2.75) is 31.5 Å². The molecule has 1 aromatic carbocycles. The number of likely N-dealkylation sites (tertiary alicyclic amines) is 1. The summed E-state index contributed by atoms with van der Waals surface area (Å²) in [6.45, 7) is 1.82. The van der Waals surface area contributed by atoms with Crippen LogP contribution in [0.15, 0.2) is 42.7 Å². The monoisotopic (exact) mass is 429 g/mol. The zero-order valence-corrected chi connectivity index (χ0v) is 16.7. The van der Waals surface area contributed by atoms with E-state index in [2.05, 4.69) is 19.4 Å². The van der Waals surface area contributed by atoms with Gasteiger partial charge in [0.1, 0.15) is 22.7 Å². The molecule has 6 nitrogen and oxygen atoms in total. The fourth-order valence-corrected chi connectivity index (χ4v) is 4.53. The van der Waals surface area contributed by atoms with Gasteiger partial charge in [-0.1, -0.05) is 12.1 Å². The van der Waals surface area contributed by atoms with E-state index >= 15 is 0 Å². The molecule has 31 heavy (non-hydrogen) atoms. The van der Waals surface area contributed by atoms with E-state index in [1.54, 1.807) is 24.4 Å². The molecule has 0 spiro atoms. The summed E-state index contributed by atoms with van der Waals surface area (Å²) in [6, 6.07) is 8.99. The van der Waals surface area contributed by atoms with Gasteiger partial charge in [0.2, 0.25) is 0 Å². The van der Waals surface area contributed by atoms with Crippen molar-refractivity contribution >= 4 is 22.1 Å². The van der Waals surface area contributed by atoms with Crippen LogP contribution in [0.3, 0.4) is 0 Å². The molecule has 9 heteroatoms. The molecule has 0 bridgehead atoms. The first-order chi connectivity index (χ1) is 14.9. The van der Waals surface area contributed by atoms with Gasteiger partial charge in [-0.25, -0.2) is 9.97 Å². The van der Waals surface area contributed by atoms with Gasteiger partial charge in [-0.3, -0.25) is 0 Å². The van der Waals surface area contributed by atoms with Crippen molar-refractivity contribution in [2.75, 3.05) is 19.6 Å². The molecule has 162 valence electrons. The van der Waals surface area contributed by atoms with Crippen LogP contribution in [0, 0.1) is 0 Å². The SMILES string of the molecule is Oc1cccc(-c2nc3cnc4[nH]ccc4c3n2C2CCN(CCCC(F)(F)F)C2)c1. The molecular weight excluding hydrogens is 407 g/mol. The summed E-state index contributed by atoms with van der Waals surface area (Å²) in [6.07, 6.45) is -0.390. The van der Waals surface area contributed by atoms with Crippen LogP contribution in [0.1, 0.15) is 25.3 Å². The van der Waals surface area contributed by atoms with Gasteiger partial charge in [0, 0.05) is 42.7 Å². The molecular formula is C22H22F3N5O. The van der Waals surface area contributed by atoms with Crippen LogP contribution >= 0.6 is 0 Å². The number of hydrogen-bond acceptors (Lipinski definition) is 4. The second-order valence-electron chi connectivity index (χ2n) is 8.05. The van der Waals surface area contributed by atoms with Crippen LogP contribution in [0.4, 0.5) is 13.2 Å². The van der Waals surface area contributed by atoms with Crippen LogP contribution < -0.4 is 0 Å². The predicted octanol–water partition coefficient (Wildman–Crippen LogP) is 4.87. The highest BCUT2D eigenvalue weighted by atomic mass is 19.4. The first-order valence-electron chi connectivity index (χ1n) is 10.3. The summed E-state index contributed by atoms with van der Waals surface area (Å²) < 4.78 is 39.8. The lowest BCUT2D eigenvalue weighted by Gasteiger charge is -2.19. The molecule has 0 radical (unpaired) electrons. The standard InChI is InChI=1S/C22H22F3N5O/c23-22(24,25)7-2-9-29-10-6-15(13-29)30-19-17-5-8-26-20(17)27-12-18(19)28-21(30)14-3-1-4-16(31)11-14/h1,3-5,8,11-12,15,31H,2,6-7,9-10,13H2,(H,26,27). The number of alkyl halides is 3. The summed E-state index contributed by atoms with van der Waals surface area (Å²) in [7, 11) is 0. The fourth-order valence-electron chi connectivity index (χ4n) is 4.53. The summed E-state index contributed by atoms with van der Waals surface area (Å²) in [5, 5.41) is 10.9. The number of nitrogens with one attached hydrogen (secondary N) is 1. The molecule has 1 aliphatic rings. The molecule has 3 aromatic heterocycles. The van der Waals surface area contributed by atoms with Gasteiger partial charge in [-0.15, -0.1) is 0 Å². The first-order valence-corrected chi connectivity index (χ1v) is 10.3. The number of aromatic amines is 1. The quantitative estimate of drug-likeness (QED) is 0.475. The topological polar surface area (TPSA) is 70.0 Å². The zero-order valence-electron chi connectivity index (χ0n) is 16.7. The Labute approximate surface area is 176 Å². The van der Waals surface area contributed by atoms with Crippen molar-refractivity contribution in [2.24, 2.45) is 0 Å². The van der Waals surface area contributed by atoms with Crippen molar-refractivity contribution in [1.29, 1.82) is 0 Å². The third kappa shape index (κ3) is 3.85. The van der Waals surface area contributed by atoms with Crippen LogP contribution in [0.5, 0.6) is 5.75 Å². The number of rotatable bonds is 5. The minimum Gasteiger partial charge on any atom is -0.508 e. The van der Waals surface area contributed by atoms with Gasteiger partial charge in [-0.05, 0) is 37.6 Å². The molecule has 0 aliphatic carbocycles. The summed E-state index contributed by atoms with van der Waals surface area (Å²) in [5.74, 6) is 0.879. The van der Waals surface area contributed by atoms with Gasteiger partial charge in [0.05, 0.1) is 11.7 Å². The van der Waals surface area contributed by atoms with E-state index in [0.717, 1.165) is 46.4 Å². The maximum absolute atomic E-state index is 12.5. The van der Waals surface area contributed by atoms with E-state index < -0.39 is 12.6 Å². The van der Waals surface area contributed by atoms with E-state index in [1.807, 2.05) is 18.3 Å². The molecule has 2 N–H and O–H groups in total. The van der Waals surface area contributed by atoms with Gasteiger partial charge in [-0.2, -0.15) is 13.2 Å². The Kier molecular flexibility index (Phi) is 4.85. The molecule has 1 unspecified atom stereocenters. The average Bonchev–Trinajstić information content (AvgIpc) is 3.43. The summed E-state index contributed by atoms with van der Waals surface area (Å²) in [4.78, 5) is 14.5.